The first-order valence-electron chi connectivity index (χ1n) is 4.32. The van der Waals surface area contributed by atoms with Crippen molar-refractivity contribution < 1.29 is 14.3 Å². The third-order valence-electron chi connectivity index (χ3n) is 2.01. The van der Waals surface area contributed by atoms with E-state index in [0.717, 1.165) is 15.4 Å². The van der Waals surface area contributed by atoms with Crippen LogP contribution in [0.3, 0.4) is 0 Å². The first-order valence-corrected chi connectivity index (χ1v) is 5.11. The first-order chi connectivity index (χ1) is 7.59. The molecule has 2 aromatic rings. The van der Waals surface area contributed by atoms with Gasteiger partial charge in [-0.1, -0.05) is 15.9 Å². The zero-order valence-corrected chi connectivity index (χ0v) is 9.48. The van der Waals surface area contributed by atoms with Crippen LogP contribution >= 0.6 is 15.9 Å². The molecule has 0 unspecified atom stereocenters. The molecule has 1 aromatic heterocycles. The summed E-state index contributed by atoms with van der Waals surface area (Å²) in [6, 6.07) is 6.70. The lowest BCUT2D eigenvalue weighted by atomic mass is 10.3. The quantitative estimate of drug-likeness (QED) is 0.922. The Morgan fingerprint density at radius 1 is 1.38 bits per heavy atom. The lowest BCUT2D eigenvalue weighted by Crippen LogP contribution is -2.03. The van der Waals surface area contributed by atoms with Crippen LogP contribution in [0.2, 0.25) is 0 Å². The predicted molar refractivity (Wildman–Crippen MR) is 58.2 cm³/mol. The van der Waals surface area contributed by atoms with E-state index in [2.05, 4.69) is 21.0 Å². The summed E-state index contributed by atoms with van der Waals surface area (Å²) in [5.74, 6) is -2.21. The Labute approximate surface area is 98.4 Å². The van der Waals surface area contributed by atoms with Crippen LogP contribution in [-0.4, -0.2) is 20.9 Å². The third kappa shape index (κ3) is 1.83. The van der Waals surface area contributed by atoms with Gasteiger partial charge in [-0.25, -0.2) is 9.48 Å². The lowest BCUT2D eigenvalue weighted by molar-refractivity contribution is 0.0691. The van der Waals surface area contributed by atoms with Crippen LogP contribution in [0.5, 0.6) is 0 Å². The Hall–Kier alpha value is -1.69. The van der Waals surface area contributed by atoms with Gasteiger partial charge < -0.3 is 5.11 Å². The molecule has 16 heavy (non-hydrogen) atoms. The number of rotatable bonds is 2. The summed E-state index contributed by atoms with van der Waals surface area (Å²) in [5.41, 5.74) is 0.0242. The smallest absolute Gasteiger partial charge is 0.342 e. The summed E-state index contributed by atoms with van der Waals surface area (Å²) >= 11 is 3.25. The number of aromatic carboxylic acids is 1. The lowest BCUT2D eigenvalue weighted by Gasteiger charge is -2.01. The van der Waals surface area contributed by atoms with Crippen LogP contribution in [0.25, 0.3) is 5.69 Å². The van der Waals surface area contributed by atoms with Gasteiger partial charge in [0.15, 0.2) is 0 Å². The Balaban J connectivity index is 2.49. The van der Waals surface area contributed by atoms with Crippen molar-refractivity contribution in [2.75, 3.05) is 0 Å². The molecule has 6 heteroatoms. The summed E-state index contributed by atoms with van der Waals surface area (Å²) in [7, 11) is 0. The second-order valence-electron chi connectivity index (χ2n) is 3.04. The van der Waals surface area contributed by atoms with Gasteiger partial charge in [0.05, 0.1) is 11.9 Å². The second kappa shape index (κ2) is 4.05. The summed E-state index contributed by atoms with van der Waals surface area (Å²) in [6.07, 6.45) is 0.986. The minimum absolute atomic E-state index is 0.442. The number of hydrogen-bond acceptors (Lipinski definition) is 2. The number of benzene rings is 1. The van der Waals surface area contributed by atoms with Crippen molar-refractivity contribution in [3.8, 4) is 5.69 Å². The summed E-state index contributed by atoms with van der Waals surface area (Å²) in [4.78, 5) is 10.6. The molecule has 0 aliphatic carbocycles. The molecule has 0 fully saturated rings. The van der Waals surface area contributed by atoms with E-state index in [0.29, 0.717) is 5.69 Å². The molecule has 0 aliphatic rings. The number of aromatic nitrogens is 2. The molecule has 1 aromatic carbocycles. The van der Waals surface area contributed by atoms with Gasteiger partial charge in [-0.2, -0.15) is 9.49 Å². The fraction of sp³-hybridized carbons (Fsp3) is 0. The fourth-order valence-corrected chi connectivity index (χ4v) is 1.50. The van der Waals surface area contributed by atoms with Crippen molar-refractivity contribution in [2.24, 2.45) is 0 Å². The van der Waals surface area contributed by atoms with E-state index < -0.39 is 17.5 Å². The molecule has 0 aliphatic heterocycles. The van der Waals surface area contributed by atoms with E-state index in [9.17, 15) is 9.18 Å². The zero-order chi connectivity index (χ0) is 11.7. The number of carboxylic acid groups (broad SMARTS) is 1. The highest BCUT2D eigenvalue weighted by Gasteiger charge is 2.17. The van der Waals surface area contributed by atoms with Crippen LogP contribution < -0.4 is 0 Å². The van der Waals surface area contributed by atoms with Gasteiger partial charge in [-0.15, -0.1) is 0 Å². The standard InChI is InChI=1S/C10H6BrFN2O2/c11-6-1-3-7(4-2-6)14-9(12)8(5-13-14)10(15)16/h1-5H,(H,15,16). The first kappa shape index (κ1) is 10.8. The van der Waals surface area contributed by atoms with Gasteiger partial charge in [0, 0.05) is 4.47 Å². The number of halogens is 2. The van der Waals surface area contributed by atoms with Gasteiger partial charge in [-0.05, 0) is 24.3 Å². The minimum atomic E-state index is -1.33. The largest absolute Gasteiger partial charge is 0.477 e. The van der Waals surface area contributed by atoms with Gasteiger partial charge in [0.25, 0.3) is 0 Å². The van der Waals surface area contributed by atoms with Gasteiger partial charge in [0.2, 0.25) is 5.95 Å². The van der Waals surface area contributed by atoms with E-state index in [1.165, 1.54) is 0 Å². The second-order valence-corrected chi connectivity index (χ2v) is 3.96. The van der Waals surface area contributed by atoms with Crippen LogP contribution in [-0.2, 0) is 0 Å². The van der Waals surface area contributed by atoms with Gasteiger partial charge in [0.1, 0.15) is 5.56 Å². The summed E-state index contributed by atoms with van der Waals surface area (Å²) < 4.78 is 15.4. The maximum atomic E-state index is 13.6. The molecular formula is C10H6BrFN2O2. The highest BCUT2D eigenvalue weighted by Crippen LogP contribution is 2.16. The molecule has 0 radical (unpaired) electrons. The number of hydrogen-bond donors (Lipinski definition) is 1. The summed E-state index contributed by atoms with van der Waals surface area (Å²) in [6.45, 7) is 0. The van der Waals surface area contributed by atoms with Gasteiger partial charge in [-0.3, -0.25) is 0 Å². The molecule has 0 saturated carbocycles. The molecular weight excluding hydrogens is 279 g/mol. The van der Waals surface area contributed by atoms with Crippen molar-refractivity contribution in [1.29, 1.82) is 0 Å². The van der Waals surface area contributed by atoms with E-state index in [-0.39, 0.29) is 0 Å². The van der Waals surface area contributed by atoms with Crippen LogP contribution in [0.4, 0.5) is 4.39 Å². The fourth-order valence-electron chi connectivity index (χ4n) is 1.24. The number of nitrogens with zero attached hydrogens (tertiary/aromatic N) is 2. The molecule has 1 heterocycles. The Morgan fingerprint density at radius 3 is 2.50 bits per heavy atom. The van der Waals surface area contributed by atoms with E-state index in [1.54, 1.807) is 24.3 Å². The van der Waals surface area contributed by atoms with E-state index in [1.807, 2.05) is 0 Å². The molecule has 2 rings (SSSR count). The maximum absolute atomic E-state index is 13.6. The van der Waals surface area contributed by atoms with Crippen LogP contribution in [0.15, 0.2) is 34.9 Å². The molecule has 0 amide bonds. The maximum Gasteiger partial charge on any atom is 0.342 e. The highest BCUT2D eigenvalue weighted by molar-refractivity contribution is 9.10. The Kier molecular flexibility index (Phi) is 2.74. The average molecular weight is 285 g/mol. The molecule has 1 N–H and O–H groups in total. The van der Waals surface area contributed by atoms with E-state index in [4.69, 9.17) is 5.11 Å². The molecule has 82 valence electrons. The predicted octanol–water partition coefficient (Wildman–Crippen LogP) is 2.47. The average Bonchev–Trinajstić information content (AvgIpc) is 2.61. The summed E-state index contributed by atoms with van der Waals surface area (Å²) in [5, 5.41) is 12.4. The van der Waals surface area contributed by atoms with Gasteiger partial charge >= 0.3 is 5.97 Å². The van der Waals surface area contributed by atoms with E-state index >= 15 is 0 Å². The molecule has 0 saturated heterocycles. The molecule has 4 nitrogen and oxygen atoms in total. The van der Waals surface area contributed by atoms with Crippen LogP contribution in [0, 0.1) is 5.95 Å². The van der Waals surface area contributed by atoms with Crippen molar-refractivity contribution in [1.82, 2.24) is 9.78 Å². The molecule has 0 spiro atoms. The SMILES string of the molecule is O=C(O)c1cnn(-c2ccc(Br)cc2)c1F. The topological polar surface area (TPSA) is 55.1 Å². The van der Waals surface area contributed by atoms with Crippen molar-refractivity contribution in [2.45, 2.75) is 0 Å². The van der Waals surface area contributed by atoms with Crippen molar-refractivity contribution in [3.63, 3.8) is 0 Å². The van der Waals surface area contributed by atoms with Crippen LogP contribution in [0.1, 0.15) is 10.4 Å². The zero-order valence-electron chi connectivity index (χ0n) is 7.89. The van der Waals surface area contributed by atoms with Crippen molar-refractivity contribution >= 4 is 21.9 Å². The van der Waals surface area contributed by atoms with Crippen molar-refractivity contribution in [3.05, 3.63) is 46.4 Å². The number of carboxylic acids is 1. The highest BCUT2D eigenvalue weighted by atomic mass is 79.9. The Morgan fingerprint density at radius 2 is 2.00 bits per heavy atom. The monoisotopic (exact) mass is 284 g/mol. The molecule has 0 atom stereocenters. The Bertz CT molecular complexity index is 536. The third-order valence-corrected chi connectivity index (χ3v) is 2.54. The number of carbonyl (C=O) groups is 1. The normalized spacial score (nSPS) is 10.4. The minimum Gasteiger partial charge on any atom is -0.477 e. The molecule has 0 bridgehead atoms.